The molecule has 2 aliphatic rings. The van der Waals surface area contributed by atoms with Crippen LogP contribution in [-0.2, 0) is 4.74 Å². The van der Waals surface area contributed by atoms with Gasteiger partial charge in [0.15, 0.2) is 0 Å². The Hall–Kier alpha value is -2.24. The molecule has 0 unspecified atom stereocenters. The van der Waals surface area contributed by atoms with Gasteiger partial charge in [0, 0.05) is 31.1 Å². The molecule has 0 radical (unpaired) electrons. The quantitative estimate of drug-likeness (QED) is 0.831. The number of rotatable bonds is 2. The summed E-state index contributed by atoms with van der Waals surface area (Å²) < 4.78 is 18.8. The van der Waals surface area contributed by atoms with Gasteiger partial charge >= 0.3 is 0 Å². The first kappa shape index (κ1) is 17.2. The van der Waals surface area contributed by atoms with Crippen LogP contribution in [-0.4, -0.2) is 61.6 Å². The maximum Gasteiger partial charge on any atom is 0.253 e. The third-order valence-electron chi connectivity index (χ3n) is 5.34. The second-order valence-corrected chi connectivity index (χ2v) is 7.29. The highest BCUT2D eigenvalue weighted by Crippen LogP contribution is 2.23. The van der Waals surface area contributed by atoms with Crippen LogP contribution in [0.4, 0.5) is 4.39 Å². The molecular weight excluding hydrogens is 331 g/mol. The molecule has 2 saturated heterocycles. The molecule has 0 aromatic heterocycles. The molecule has 2 atom stereocenters. The Morgan fingerprint density at radius 1 is 0.962 bits per heavy atom. The van der Waals surface area contributed by atoms with Gasteiger partial charge < -0.3 is 9.64 Å². The number of benzene rings is 2. The molecule has 2 heterocycles. The largest absolute Gasteiger partial charge is 0.379 e. The molecule has 26 heavy (non-hydrogen) atoms. The van der Waals surface area contributed by atoms with Crippen molar-refractivity contribution in [3.63, 3.8) is 0 Å². The molecule has 0 spiro atoms. The van der Waals surface area contributed by atoms with Crippen LogP contribution in [0.5, 0.6) is 0 Å². The summed E-state index contributed by atoms with van der Waals surface area (Å²) in [5, 5.41) is 0. The minimum Gasteiger partial charge on any atom is -0.379 e. The monoisotopic (exact) mass is 354 g/mol. The van der Waals surface area contributed by atoms with Crippen LogP contribution in [0.2, 0.25) is 0 Å². The third-order valence-corrected chi connectivity index (χ3v) is 5.34. The highest BCUT2D eigenvalue weighted by atomic mass is 19.1. The zero-order valence-corrected chi connectivity index (χ0v) is 14.9. The van der Waals surface area contributed by atoms with E-state index in [0.717, 1.165) is 24.2 Å². The molecule has 5 heteroatoms. The Morgan fingerprint density at radius 2 is 1.62 bits per heavy atom. The fourth-order valence-electron chi connectivity index (χ4n) is 3.85. The van der Waals surface area contributed by atoms with Crippen LogP contribution in [0.3, 0.4) is 0 Å². The van der Waals surface area contributed by atoms with Crippen molar-refractivity contribution >= 4 is 5.91 Å². The predicted octanol–water partition coefficient (Wildman–Crippen LogP) is 2.90. The normalized spacial score (nSPS) is 23.5. The fraction of sp³-hybridized carbons (Fsp3) is 0.381. The molecule has 2 aliphatic heterocycles. The second kappa shape index (κ2) is 7.17. The van der Waals surface area contributed by atoms with Crippen molar-refractivity contribution in [2.75, 3.05) is 39.9 Å². The minimum absolute atomic E-state index is 0.0721. The molecule has 2 aromatic carbocycles. The van der Waals surface area contributed by atoms with E-state index in [-0.39, 0.29) is 17.8 Å². The number of halogens is 1. The van der Waals surface area contributed by atoms with Crippen molar-refractivity contribution in [1.29, 1.82) is 0 Å². The lowest BCUT2D eigenvalue weighted by Crippen LogP contribution is -2.44. The lowest BCUT2D eigenvalue weighted by Gasteiger charge is -2.29. The lowest BCUT2D eigenvalue weighted by molar-refractivity contribution is 0.0434. The Kier molecular flexibility index (Phi) is 4.74. The molecule has 2 fully saturated rings. The molecule has 1 amide bonds. The average molecular weight is 354 g/mol. The highest BCUT2D eigenvalue weighted by Gasteiger charge is 2.33. The second-order valence-electron chi connectivity index (χ2n) is 7.29. The van der Waals surface area contributed by atoms with Crippen molar-refractivity contribution in [2.24, 2.45) is 5.92 Å². The molecule has 0 N–H and O–H groups in total. The first-order valence-electron chi connectivity index (χ1n) is 9.03. The van der Waals surface area contributed by atoms with Gasteiger partial charge in [-0.25, -0.2) is 4.39 Å². The summed E-state index contributed by atoms with van der Waals surface area (Å²) >= 11 is 0. The van der Waals surface area contributed by atoms with E-state index in [2.05, 4.69) is 11.9 Å². The third kappa shape index (κ3) is 3.50. The molecule has 136 valence electrons. The van der Waals surface area contributed by atoms with Gasteiger partial charge in [-0.1, -0.05) is 24.3 Å². The van der Waals surface area contributed by atoms with Gasteiger partial charge in [0.05, 0.1) is 19.3 Å². The van der Waals surface area contributed by atoms with E-state index in [1.54, 1.807) is 12.1 Å². The number of carbonyl (C=O) groups excluding carboxylic acids is 1. The summed E-state index contributed by atoms with van der Waals surface area (Å²) in [5.74, 6) is 0.180. The van der Waals surface area contributed by atoms with Gasteiger partial charge in [-0.15, -0.1) is 0 Å². The van der Waals surface area contributed by atoms with Gasteiger partial charge in [-0.2, -0.15) is 0 Å². The van der Waals surface area contributed by atoms with E-state index in [4.69, 9.17) is 4.74 Å². The Bertz CT molecular complexity index is 776. The van der Waals surface area contributed by atoms with Crippen molar-refractivity contribution in [2.45, 2.75) is 6.04 Å². The summed E-state index contributed by atoms with van der Waals surface area (Å²) in [4.78, 5) is 17.3. The van der Waals surface area contributed by atoms with E-state index in [0.29, 0.717) is 31.2 Å². The van der Waals surface area contributed by atoms with Crippen molar-refractivity contribution < 1.29 is 13.9 Å². The smallest absolute Gasteiger partial charge is 0.253 e. The molecule has 2 bridgehead atoms. The predicted molar refractivity (Wildman–Crippen MR) is 98.5 cm³/mol. The average Bonchev–Trinajstić information content (AvgIpc) is 2.90. The number of hydrogen-bond donors (Lipinski definition) is 0. The maximum absolute atomic E-state index is 13.1. The number of carbonyl (C=O) groups is 1. The van der Waals surface area contributed by atoms with Crippen LogP contribution < -0.4 is 0 Å². The van der Waals surface area contributed by atoms with Crippen LogP contribution in [0.25, 0.3) is 11.1 Å². The summed E-state index contributed by atoms with van der Waals surface area (Å²) in [6.45, 7) is 3.80. The van der Waals surface area contributed by atoms with Crippen molar-refractivity contribution in [3.8, 4) is 11.1 Å². The van der Waals surface area contributed by atoms with E-state index in [1.807, 2.05) is 29.2 Å². The molecule has 4 rings (SSSR count). The summed E-state index contributed by atoms with van der Waals surface area (Å²) in [5.41, 5.74) is 2.61. The number of nitrogens with zero attached hydrogens (tertiary/aromatic N) is 2. The molecule has 2 aromatic rings. The van der Waals surface area contributed by atoms with Crippen LogP contribution in [0, 0.1) is 11.7 Å². The number of likely N-dealkylation sites (N-methyl/N-ethyl adjacent to an activating group) is 1. The van der Waals surface area contributed by atoms with E-state index < -0.39 is 0 Å². The Morgan fingerprint density at radius 3 is 2.31 bits per heavy atom. The first-order valence-corrected chi connectivity index (χ1v) is 9.03. The molecule has 0 saturated carbocycles. The summed E-state index contributed by atoms with van der Waals surface area (Å²) in [6, 6.07) is 14.2. The van der Waals surface area contributed by atoms with Gasteiger partial charge in [0.1, 0.15) is 5.82 Å². The Balaban J connectivity index is 1.52. The van der Waals surface area contributed by atoms with Crippen LogP contribution >= 0.6 is 0 Å². The minimum atomic E-state index is -0.249. The SMILES string of the molecule is CN1C[C@H]2COC[C@@H]1CN(C(=O)c1ccc(-c3ccc(F)cc3)cc1)C2. The molecular formula is C21H23FN2O2. The maximum atomic E-state index is 13.1. The van der Waals surface area contributed by atoms with Gasteiger partial charge in [0.2, 0.25) is 0 Å². The van der Waals surface area contributed by atoms with Gasteiger partial charge in [0.25, 0.3) is 5.91 Å². The summed E-state index contributed by atoms with van der Waals surface area (Å²) in [7, 11) is 2.11. The number of hydrogen-bond acceptors (Lipinski definition) is 3. The lowest BCUT2D eigenvalue weighted by atomic mass is 10.0. The van der Waals surface area contributed by atoms with Crippen molar-refractivity contribution in [1.82, 2.24) is 9.80 Å². The van der Waals surface area contributed by atoms with E-state index >= 15 is 0 Å². The van der Waals surface area contributed by atoms with Crippen molar-refractivity contribution in [3.05, 3.63) is 59.9 Å². The standard InChI is InChI=1S/C21H23FN2O2/c1-23-10-15-11-24(12-20(23)14-26-13-15)21(25)18-4-2-16(3-5-18)17-6-8-19(22)9-7-17/h2-9,15,20H,10-14H2,1H3/t15-,20+/m1/s1. The van der Waals surface area contributed by atoms with Gasteiger partial charge in [-0.3, -0.25) is 9.69 Å². The zero-order valence-electron chi connectivity index (χ0n) is 14.9. The number of fused-ring (bicyclic) bond motifs is 3. The van der Waals surface area contributed by atoms with Crippen LogP contribution in [0.15, 0.2) is 48.5 Å². The molecule has 0 aliphatic carbocycles. The van der Waals surface area contributed by atoms with Gasteiger partial charge in [-0.05, 0) is 42.4 Å². The van der Waals surface area contributed by atoms with Crippen LogP contribution in [0.1, 0.15) is 10.4 Å². The Labute approximate surface area is 153 Å². The zero-order chi connectivity index (χ0) is 18.1. The highest BCUT2D eigenvalue weighted by molar-refractivity contribution is 5.94. The van der Waals surface area contributed by atoms with E-state index in [9.17, 15) is 9.18 Å². The van der Waals surface area contributed by atoms with E-state index in [1.165, 1.54) is 12.1 Å². The fourth-order valence-corrected chi connectivity index (χ4v) is 3.85. The summed E-state index contributed by atoms with van der Waals surface area (Å²) in [6.07, 6.45) is 0. The first-order chi connectivity index (χ1) is 12.6. The molecule has 4 nitrogen and oxygen atoms in total. The number of amides is 1. The topological polar surface area (TPSA) is 32.8 Å². The number of ether oxygens (including phenoxy) is 1.